The second-order valence-electron chi connectivity index (χ2n) is 6.97. The van der Waals surface area contributed by atoms with Crippen molar-refractivity contribution in [2.45, 2.75) is 26.2 Å². The summed E-state index contributed by atoms with van der Waals surface area (Å²) in [6, 6.07) is 14.7. The predicted molar refractivity (Wildman–Crippen MR) is 102 cm³/mol. The lowest BCUT2D eigenvalue weighted by atomic mass is 9.86. The molecule has 0 bridgehead atoms. The van der Waals surface area contributed by atoms with Gasteiger partial charge in [0, 0.05) is 11.6 Å². The Kier molecular flexibility index (Phi) is 6.34. The zero-order valence-corrected chi connectivity index (χ0v) is 15.6. The third-order valence-corrected chi connectivity index (χ3v) is 3.92. The van der Waals surface area contributed by atoms with Gasteiger partial charge in [0.15, 0.2) is 12.4 Å². The molecule has 0 saturated carbocycles. The van der Waals surface area contributed by atoms with E-state index in [9.17, 15) is 9.59 Å². The van der Waals surface area contributed by atoms with Crippen LogP contribution in [-0.4, -0.2) is 25.5 Å². The topological polar surface area (TPSA) is 52.6 Å². The number of esters is 1. The highest BCUT2D eigenvalue weighted by Gasteiger charge is 2.14. The Morgan fingerprint density at radius 3 is 2.35 bits per heavy atom. The average Bonchev–Trinajstić information content (AvgIpc) is 2.64. The Hall–Kier alpha value is -2.88. The first-order chi connectivity index (χ1) is 12.3. The van der Waals surface area contributed by atoms with Crippen LogP contribution in [0.5, 0.6) is 5.75 Å². The zero-order valence-electron chi connectivity index (χ0n) is 15.6. The minimum Gasteiger partial charge on any atom is -0.497 e. The molecular formula is C22H24O4. The van der Waals surface area contributed by atoms with Crippen LogP contribution in [0, 0.1) is 0 Å². The van der Waals surface area contributed by atoms with Crippen LogP contribution in [0.25, 0.3) is 6.08 Å². The summed E-state index contributed by atoms with van der Waals surface area (Å²) in [6.07, 6.45) is 2.91. The molecule has 0 atom stereocenters. The lowest BCUT2D eigenvalue weighted by Gasteiger charge is -2.18. The maximum atomic E-state index is 12.2. The number of ether oxygens (including phenoxy) is 2. The summed E-state index contributed by atoms with van der Waals surface area (Å²) < 4.78 is 10.2. The number of benzene rings is 2. The molecular weight excluding hydrogens is 328 g/mol. The Morgan fingerprint density at radius 2 is 1.73 bits per heavy atom. The van der Waals surface area contributed by atoms with E-state index in [4.69, 9.17) is 9.47 Å². The van der Waals surface area contributed by atoms with Crippen LogP contribution < -0.4 is 4.74 Å². The van der Waals surface area contributed by atoms with Crippen LogP contribution in [0.3, 0.4) is 0 Å². The Bertz CT molecular complexity index is 796. The first kappa shape index (κ1) is 19.4. The second kappa shape index (κ2) is 8.48. The summed E-state index contributed by atoms with van der Waals surface area (Å²) in [5.74, 6) is -0.0875. The summed E-state index contributed by atoms with van der Waals surface area (Å²) >= 11 is 0. The van der Waals surface area contributed by atoms with Crippen LogP contribution in [0.2, 0.25) is 0 Å². The van der Waals surface area contributed by atoms with Gasteiger partial charge in [0.05, 0.1) is 7.11 Å². The Balaban J connectivity index is 1.90. The largest absolute Gasteiger partial charge is 0.497 e. The standard InChI is InChI=1S/C22H24O4/c1-22(2,3)18-11-9-17(10-12-18)20(23)15-26-21(24)13-8-16-6-5-7-19(14-16)25-4/h5-14H,15H2,1-4H3/b13-8+. The highest BCUT2D eigenvalue weighted by Crippen LogP contribution is 2.22. The Morgan fingerprint density at radius 1 is 1.04 bits per heavy atom. The van der Waals surface area contributed by atoms with E-state index in [1.165, 1.54) is 6.08 Å². The van der Waals surface area contributed by atoms with E-state index in [0.717, 1.165) is 11.1 Å². The van der Waals surface area contributed by atoms with Crippen molar-refractivity contribution in [3.8, 4) is 5.75 Å². The van der Waals surface area contributed by atoms with Crippen molar-refractivity contribution in [2.24, 2.45) is 0 Å². The lowest BCUT2D eigenvalue weighted by molar-refractivity contribution is -0.136. The molecule has 0 unspecified atom stereocenters. The molecule has 136 valence electrons. The number of Topliss-reactive ketones (excluding diaryl/α,β-unsaturated/α-hetero) is 1. The fourth-order valence-corrected chi connectivity index (χ4v) is 2.33. The van der Waals surface area contributed by atoms with Crippen LogP contribution in [0.1, 0.15) is 42.3 Å². The van der Waals surface area contributed by atoms with E-state index in [0.29, 0.717) is 11.3 Å². The first-order valence-electron chi connectivity index (χ1n) is 8.42. The van der Waals surface area contributed by atoms with Gasteiger partial charge in [-0.2, -0.15) is 0 Å². The summed E-state index contributed by atoms with van der Waals surface area (Å²) in [5.41, 5.74) is 2.51. The van der Waals surface area contributed by atoms with Crippen molar-refractivity contribution < 1.29 is 19.1 Å². The van der Waals surface area contributed by atoms with E-state index in [1.54, 1.807) is 31.4 Å². The molecule has 0 aliphatic heterocycles. The number of ketones is 1. The maximum Gasteiger partial charge on any atom is 0.331 e. The van der Waals surface area contributed by atoms with Crippen LogP contribution in [-0.2, 0) is 14.9 Å². The van der Waals surface area contributed by atoms with E-state index in [-0.39, 0.29) is 17.8 Å². The van der Waals surface area contributed by atoms with Crippen LogP contribution in [0.15, 0.2) is 54.6 Å². The second-order valence-corrected chi connectivity index (χ2v) is 6.97. The molecule has 4 nitrogen and oxygen atoms in total. The molecule has 0 heterocycles. The number of methoxy groups -OCH3 is 1. The quantitative estimate of drug-likeness (QED) is 0.438. The van der Waals surface area contributed by atoms with Gasteiger partial charge in [0.2, 0.25) is 0 Å². The van der Waals surface area contributed by atoms with E-state index in [2.05, 4.69) is 20.8 Å². The van der Waals surface area contributed by atoms with Crippen molar-refractivity contribution in [1.82, 2.24) is 0 Å². The molecule has 0 saturated heterocycles. The summed E-state index contributed by atoms with van der Waals surface area (Å²) in [7, 11) is 1.58. The third-order valence-electron chi connectivity index (χ3n) is 3.92. The molecule has 2 aromatic rings. The number of rotatable bonds is 6. The molecule has 0 amide bonds. The monoisotopic (exact) mass is 352 g/mol. The van der Waals surface area contributed by atoms with Gasteiger partial charge in [-0.15, -0.1) is 0 Å². The number of carbonyl (C=O) groups excluding carboxylic acids is 2. The van der Waals surface area contributed by atoms with Crippen LogP contribution >= 0.6 is 0 Å². The normalized spacial score (nSPS) is 11.4. The molecule has 2 aromatic carbocycles. The summed E-state index contributed by atoms with van der Waals surface area (Å²) in [4.78, 5) is 23.9. The number of hydrogen-bond donors (Lipinski definition) is 0. The first-order valence-corrected chi connectivity index (χ1v) is 8.42. The number of hydrogen-bond acceptors (Lipinski definition) is 4. The van der Waals surface area contributed by atoms with Crippen molar-refractivity contribution in [3.05, 3.63) is 71.3 Å². The summed E-state index contributed by atoms with van der Waals surface area (Å²) in [5, 5.41) is 0. The molecule has 0 radical (unpaired) electrons. The van der Waals surface area contributed by atoms with Crippen LogP contribution in [0.4, 0.5) is 0 Å². The predicted octanol–water partition coefficient (Wildman–Crippen LogP) is 4.43. The SMILES string of the molecule is COc1cccc(/C=C/C(=O)OCC(=O)c2ccc(C(C)(C)C)cc2)c1. The van der Waals surface area contributed by atoms with Gasteiger partial charge in [-0.25, -0.2) is 4.79 Å². The molecule has 0 aliphatic carbocycles. The Labute approximate surface area is 154 Å². The van der Waals surface area contributed by atoms with E-state index >= 15 is 0 Å². The summed E-state index contributed by atoms with van der Waals surface area (Å²) in [6.45, 7) is 6.05. The van der Waals surface area contributed by atoms with E-state index in [1.807, 2.05) is 30.3 Å². The molecule has 4 heteroatoms. The molecule has 0 fully saturated rings. The smallest absolute Gasteiger partial charge is 0.331 e. The van der Waals surface area contributed by atoms with Crippen molar-refractivity contribution in [2.75, 3.05) is 13.7 Å². The van der Waals surface area contributed by atoms with E-state index < -0.39 is 5.97 Å². The fraction of sp³-hybridized carbons (Fsp3) is 0.273. The molecule has 26 heavy (non-hydrogen) atoms. The lowest BCUT2D eigenvalue weighted by Crippen LogP contribution is -2.14. The number of carbonyl (C=O) groups is 2. The third kappa shape index (κ3) is 5.59. The van der Waals surface area contributed by atoms with Crippen molar-refractivity contribution in [3.63, 3.8) is 0 Å². The highest BCUT2D eigenvalue weighted by atomic mass is 16.5. The van der Waals surface area contributed by atoms with Gasteiger partial charge in [0.25, 0.3) is 0 Å². The molecule has 0 aliphatic rings. The van der Waals surface area contributed by atoms with Gasteiger partial charge in [-0.3, -0.25) is 4.79 Å². The van der Waals surface area contributed by atoms with Gasteiger partial charge in [-0.05, 0) is 34.8 Å². The average molecular weight is 352 g/mol. The maximum absolute atomic E-state index is 12.2. The van der Waals surface area contributed by atoms with Gasteiger partial charge in [0.1, 0.15) is 5.75 Å². The molecule has 0 aromatic heterocycles. The molecule has 0 spiro atoms. The highest BCUT2D eigenvalue weighted by molar-refractivity contribution is 5.98. The van der Waals surface area contributed by atoms with Crippen molar-refractivity contribution >= 4 is 17.8 Å². The zero-order chi connectivity index (χ0) is 19.2. The van der Waals surface area contributed by atoms with Gasteiger partial charge < -0.3 is 9.47 Å². The van der Waals surface area contributed by atoms with Gasteiger partial charge in [-0.1, -0.05) is 57.2 Å². The molecule has 0 N–H and O–H groups in total. The van der Waals surface area contributed by atoms with Gasteiger partial charge >= 0.3 is 5.97 Å². The minimum atomic E-state index is -0.563. The molecule has 2 rings (SSSR count). The van der Waals surface area contributed by atoms with Crippen molar-refractivity contribution in [1.29, 1.82) is 0 Å². The minimum absolute atomic E-state index is 0.0267. The fourth-order valence-electron chi connectivity index (χ4n) is 2.33.